The number of aliphatic hydroxyl groups is 1. The second kappa shape index (κ2) is 6.95. The molecular formula is C15H20ClNO3. The summed E-state index contributed by atoms with van der Waals surface area (Å²) < 4.78 is 5.19. The molecule has 1 aliphatic carbocycles. The Labute approximate surface area is 124 Å². The average molecular weight is 298 g/mol. The molecule has 0 saturated heterocycles. The minimum Gasteiger partial charge on any atom is -0.496 e. The van der Waals surface area contributed by atoms with E-state index in [4.69, 9.17) is 21.4 Å². The number of carbonyl (C=O) groups excluding carboxylic acids is 1. The fraction of sp³-hybridized carbons (Fsp3) is 0.533. The van der Waals surface area contributed by atoms with E-state index in [1.165, 1.54) is 7.11 Å². The van der Waals surface area contributed by atoms with Crippen LogP contribution in [0.4, 0.5) is 0 Å². The van der Waals surface area contributed by atoms with Gasteiger partial charge in [-0.25, -0.2) is 0 Å². The van der Waals surface area contributed by atoms with Crippen molar-refractivity contribution in [3.05, 3.63) is 28.8 Å². The highest BCUT2D eigenvalue weighted by Crippen LogP contribution is 2.28. The summed E-state index contributed by atoms with van der Waals surface area (Å²) in [6.07, 6.45) is 3.68. The second-order valence-corrected chi connectivity index (χ2v) is 5.60. The molecule has 1 aromatic carbocycles. The molecule has 1 saturated carbocycles. The van der Waals surface area contributed by atoms with Crippen molar-refractivity contribution < 1.29 is 14.6 Å². The third-order valence-electron chi connectivity index (χ3n) is 3.86. The predicted molar refractivity (Wildman–Crippen MR) is 78.3 cm³/mol. The van der Waals surface area contributed by atoms with Crippen molar-refractivity contribution in [3.8, 4) is 5.75 Å². The summed E-state index contributed by atoms with van der Waals surface area (Å²) in [4.78, 5) is 12.3. The van der Waals surface area contributed by atoms with Crippen LogP contribution < -0.4 is 10.1 Å². The van der Waals surface area contributed by atoms with Gasteiger partial charge in [-0.1, -0.05) is 17.7 Å². The Balaban J connectivity index is 2.02. The lowest BCUT2D eigenvalue weighted by atomic mass is 9.86. The molecule has 1 fully saturated rings. The van der Waals surface area contributed by atoms with E-state index >= 15 is 0 Å². The number of halogens is 1. The van der Waals surface area contributed by atoms with E-state index in [1.807, 2.05) is 0 Å². The molecule has 4 nitrogen and oxygen atoms in total. The predicted octanol–water partition coefficient (Wildman–Crippen LogP) is 2.63. The summed E-state index contributed by atoms with van der Waals surface area (Å²) in [5, 5.41) is 12.5. The van der Waals surface area contributed by atoms with E-state index in [0.717, 1.165) is 25.7 Å². The van der Waals surface area contributed by atoms with E-state index in [0.29, 0.717) is 22.3 Å². The van der Waals surface area contributed by atoms with Gasteiger partial charge < -0.3 is 15.2 Å². The largest absolute Gasteiger partial charge is 0.496 e. The molecule has 0 spiro atoms. The zero-order valence-electron chi connectivity index (χ0n) is 11.6. The maximum atomic E-state index is 12.3. The fourth-order valence-electron chi connectivity index (χ4n) is 2.64. The number of ether oxygens (including phenoxy) is 1. The molecule has 2 N–H and O–H groups in total. The zero-order chi connectivity index (χ0) is 14.5. The first-order valence-corrected chi connectivity index (χ1v) is 7.27. The molecule has 1 aromatic rings. The Kier molecular flexibility index (Phi) is 5.26. The Bertz CT molecular complexity index is 470. The summed E-state index contributed by atoms with van der Waals surface area (Å²) in [5.41, 5.74) is 0.390. The molecule has 1 aliphatic rings. The molecule has 1 amide bonds. The number of aliphatic hydroxyl groups excluding tert-OH is 1. The van der Waals surface area contributed by atoms with Crippen LogP contribution in [0.1, 0.15) is 36.0 Å². The second-order valence-electron chi connectivity index (χ2n) is 5.19. The molecule has 0 radical (unpaired) electrons. The normalized spacial score (nSPS) is 22.4. The van der Waals surface area contributed by atoms with Gasteiger partial charge in [0.2, 0.25) is 0 Å². The van der Waals surface area contributed by atoms with Gasteiger partial charge in [0.1, 0.15) is 5.75 Å². The molecule has 5 heteroatoms. The molecule has 0 heterocycles. The fourth-order valence-corrected chi connectivity index (χ4v) is 2.89. The van der Waals surface area contributed by atoms with Crippen LogP contribution in [0.3, 0.4) is 0 Å². The topological polar surface area (TPSA) is 58.6 Å². The van der Waals surface area contributed by atoms with E-state index in [1.54, 1.807) is 18.2 Å². The van der Waals surface area contributed by atoms with E-state index < -0.39 is 0 Å². The first-order valence-electron chi connectivity index (χ1n) is 6.90. The van der Waals surface area contributed by atoms with Gasteiger partial charge in [0.15, 0.2) is 0 Å². The van der Waals surface area contributed by atoms with Gasteiger partial charge in [-0.15, -0.1) is 0 Å². The maximum absolute atomic E-state index is 12.3. The molecule has 0 bridgehead atoms. The van der Waals surface area contributed by atoms with Crippen LogP contribution in [0.25, 0.3) is 0 Å². The van der Waals surface area contributed by atoms with E-state index in [2.05, 4.69) is 5.32 Å². The van der Waals surface area contributed by atoms with Crippen molar-refractivity contribution >= 4 is 17.5 Å². The number of nitrogens with one attached hydrogen (secondary N) is 1. The third kappa shape index (κ3) is 3.44. The van der Waals surface area contributed by atoms with Crippen LogP contribution in [-0.2, 0) is 0 Å². The summed E-state index contributed by atoms with van der Waals surface area (Å²) in [7, 11) is 1.52. The minimum atomic E-state index is -0.195. The number of amides is 1. The van der Waals surface area contributed by atoms with Gasteiger partial charge in [-0.2, -0.15) is 0 Å². The lowest BCUT2D eigenvalue weighted by Gasteiger charge is -2.28. The molecule has 0 aromatic heterocycles. The van der Waals surface area contributed by atoms with Crippen molar-refractivity contribution in [3.63, 3.8) is 0 Å². The lowest BCUT2D eigenvalue weighted by Crippen LogP contribution is -2.38. The molecule has 0 aliphatic heterocycles. The van der Waals surface area contributed by atoms with Crippen molar-refractivity contribution in [2.45, 2.75) is 31.7 Å². The number of rotatable bonds is 4. The SMILES string of the molecule is COc1cccc(Cl)c1C(=O)NC1CCC(CO)CC1. The number of methoxy groups -OCH3 is 1. The Morgan fingerprint density at radius 2 is 2.10 bits per heavy atom. The highest BCUT2D eigenvalue weighted by atomic mass is 35.5. The Morgan fingerprint density at radius 3 is 2.70 bits per heavy atom. The monoisotopic (exact) mass is 297 g/mol. The standard InChI is InChI=1S/C15H20ClNO3/c1-20-13-4-2-3-12(16)14(13)15(19)17-11-7-5-10(9-18)6-8-11/h2-4,10-11,18H,5-9H2,1H3,(H,17,19). The van der Waals surface area contributed by atoms with Crippen LogP contribution in [0, 0.1) is 5.92 Å². The summed E-state index contributed by atoms with van der Waals surface area (Å²) >= 11 is 6.09. The van der Waals surface area contributed by atoms with Gasteiger partial charge in [0.05, 0.1) is 17.7 Å². The van der Waals surface area contributed by atoms with Crippen LogP contribution in [0.5, 0.6) is 5.75 Å². The van der Waals surface area contributed by atoms with Crippen molar-refractivity contribution in [1.29, 1.82) is 0 Å². The van der Waals surface area contributed by atoms with Crippen LogP contribution in [0.2, 0.25) is 5.02 Å². The van der Waals surface area contributed by atoms with Crippen LogP contribution in [0.15, 0.2) is 18.2 Å². The number of hydrogen-bond acceptors (Lipinski definition) is 3. The van der Waals surface area contributed by atoms with E-state index in [-0.39, 0.29) is 18.6 Å². The molecule has 20 heavy (non-hydrogen) atoms. The number of benzene rings is 1. The van der Waals surface area contributed by atoms with Gasteiger partial charge in [-0.05, 0) is 43.7 Å². The first kappa shape index (κ1) is 15.1. The Hall–Kier alpha value is -1.26. The van der Waals surface area contributed by atoms with Crippen molar-refractivity contribution in [2.24, 2.45) is 5.92 Å². The lowest BCUT2D eigenvalue weighted by molar-refractivity contribution is 0.0911. The molecule has 2 rings (SSSR count). The van der Waals surface area contributed by atoms with Gasteiger partial charge >= 0.3 is 0 Å². The highest BCUT2D eigenvalue weighted by Gasteiger charge is 2.24. The van der Waals surface area contributed by atoms with Gasteiger partial charge in [-0.3, -0.25) is 4.79 Å². The van der Waals surface area contributed by atoms with Crippen LogP contribution in [-0.4, -0.2) is 30.8 Å². The van der Waals surface area contributed by atoms with Crippen molar-refractivity contribution in [2.75, 3.05) is 13.7 Å². The smallest absolute Gasteiger partial charge is 0.256 e. The zero-order valence-corrected chi connectivity index (χ0v) is 12.3. The Morgan fingerprint density at radius 1 is 1.40 bits per heavy atom. The van der Waals surface area contributed by atoms with Gasteiger partial charge in [0, 0.05) is 12.6 Å². The molecular weight excluding hydrogens is 278 g/mol. The highest BCUT2D eigenvalue weighted by molar-refractivity contribution is 6.34. The van der Waals surface area contributed by atoms with Gasteiger partial charge in [0.25, 0.3) is 5.91 Å². The summed E-state index contributed by atoms with van der Waals surface area (Å²) in [5.74, 6) is 0.664. The molecule has 110 valence electrons. The quantitative estimate of drug-likeness (QED) is 0.898. The number of carbonyl (C=O) groups is 1. The summed E-state index contributed by atoms with van der Waals surface area (Å²) in [6, 6.07) is 5.31. The van der Waals surface area contributed by atoms with Crippen molar-refractivity contribution in [1.82, 2.24) is 5.32 Å². The summed E-state index contributed by atoms with van der Waals surface area (Å²) in [6.45, 7) is 0.235. The minimum absolute atomic E-state index is 0.145. The third-order valence-corrected chi connectivity index (χ3v) is 4.18. The van der Waals surface area contributed by atoms with Crippen LogP contribution >= 0.6 is 11.6 Å². The number of hydrogen-bond donors (Lipinski definition) is 2. The maximum Gasteiger partial charge on any atom is 0.256 e. The molecule has 0 unspecified atom stereocenters. The average Bonchev–Trinajstić information content (AvgIpc) is 2.47. The van der Waals surface area contributed by atoms with E-state index in [9.17, 15) is 4.79 Å². The first-order chi connectivity index (χ1) is 9.65. The molecule has 0 atom stereocenters.